The summed E-state index contributed by atoms with van der Waals surface area (Å²) in [7, 11) is 0. The van der Waals surface area contributed by atoms with Crippen LogP contribution < -0.4 is 11.1 Å². The largest absolute Gasteiger partial charge is 0.327 e. The van der Waals surface area contributed by atoms with Gasteiger partial charge in [0.15, 0.2) is 0 Å². The molecule has 108 valence electrons. The predicted molar refractivity (Wildman–Crippen MR) is 77.6 cm³/mol. The third-order valence-electron chi connectivity index (χ3n) is 3.28. The van der Waals surface area contributed by atoms with Crippen molar-refractivity contribution in [3.8, 4) is 0 Å². The van der Waals surface area contributed by atoms with Crippen molar-refractivity contribution in [1.82, 2.24) is 10.2 Å². The Morgan fingerprint density at radius 2 is 2.15 bits per heavy atom. The summed E-state index contributed by atoms with van der Waals surface area (Å²) in [6.45, 7) is 1.71. The topological polar surface area (TPSA) is 75.4 Å². The number of nitrogens with zero attached hydrogens (tertiary/aromatic N) is 1. The number of piperidine rings is 1. The van der Waals surface area contributed by atoms with Gasteiger partial charge in [-0.05, 0) is 31.5 Å². The zero-order valence-corrected chi connectivity index (χ0v) is 11.9. The minimum Gasteiger partial charge on any atom is -0.327 e. The minimum atomic E-state index is -0.470. The average Bonchev–Trinajstić information content (AvgIpc) is 2.38. The van der Waals surface area contributed by atoms with E-state index in [2.05, 4.69) is 5.32 Å². The summed E-state index contributed by atoms with van der Waals surface area (Å²) in [6, 6.07) is 6.74. The average molecular weight is 296 g/mol. The molecule has 1 aliphatic heterocycles. The van der Waals surface area contributed by atoms with Crippen LogP contribution in [0.25, 0.3) is 0 Å². The molecule has 20 heavy (non-hydrogen) atoms. The fraction of sp³-hybridized carbons (Fsp3) is 0.429. The predicted octanol–water partition coefficient (Wildman–Crippen LogP) is 1.02. The van der Waals surface area contributed by atoms with Crippen LogP contribution in [0.3, 0.4) is 0 Å². The number of nitrogens with one attached hydrogen (secondary N) is 1. The maximum Gasteiger partial charge on any atom is 0.259 e. The van der Waals surface area contributed by atoms with Gasteiger partial charge in [-0.3, -0.25) is 19.8 Å². The van der Waals surface area contributed by atoms with E-state index in [0.717, 1.165) is 19.4 Å². The van der Waals surface area contributed by atoms with Crippen LogP contribution in [0.15, 0.2) is 24.3 Å². The summed E-state index contributed by atoms with van der Waals surface area (Å²) in [5.74, 6) is -0.800. The highest BCUT2D eigenvalue weighted by molar-refractivity contribution is 6.34. The molecule has 0 saturated carbocycles. The zero-order valence-electron chi connectivity index (χ0n) is 11.1. The number of halogens is 1. The lowest BCUT2D eigenvalue weighted by Crippen LogP contribution is -2.47. The Bertz CT molecular complexity index is 507. The summed E-state index contributed by atoms with van der Waals surface area (Å²) in [5, 5.41) is 2.69. The summed E-state index contributed by atoms with van der Waals surface area (Å²) in [5.41, 5.74) is 6.16. The van der Waals surface area contributed by atoms with Crippen molar-refractivity contribution in [2.75, 3.05) is 19.6 Å². The van der Waals surface area contributed by atoms with Crippen molar-refractivity contribution in [3.05, 3.63) is 34.9 Å². The molecule has 0 bridgehead atoms. The van der Waals surface area contributed by atoms with E-state index in [1.165, 1.54) is 0 Å². The van der Waals surface area contributed by atoms with E-state index in [9.17, 15) is 9.59 Å². The Labute approximate surface area is 123 Å². The van der Waals surface area contributed by atoms with Gasteiger partial charge in [0.25, 0.3) is 5.91 Å². The number of benzene rings is 1. The summed E-state index contributed by atoms with van der Waals surface area (Å²) in [4.78, 5) is 25.7. The van der Waals surface area contributed by atoms with Gasteiger partial charge in [-0.2, -0.15) is 0 Å². The minimum absolute atomic E-state index is 0.107. The maximum absolute atomic E-state index is 11.9. The Balaban J connectivity index is 1.88. The second kappa shape index (κ2) is 6.83. The van der Waals surface area contributed by atoms with Crippen LogP contribution in [0.5, 0.6) is 0 Å². The molecule has 1 aliphatic rings. The second-order valence-electron chi connectivity index (χ2n) is 4.99. The third-order valence-corrected chi connectivity index (χ3v) is 3.61. The normalized spacial score (nSPS) is 19.6. The Morgan fingerprint density at radius 3 is 2.85 bits per heavy atom. The van der Waals surface area contributed by atoms with Crippen molar-refractivity contribution in [3.63, 3.8) is 0 Å². The number of likely N-dealkylation sites (tertiary alicyclic amines) is 1. The molecule has 1 aromatic rings. The van der Waals surface area contributed by atoms with E-state index in [0.29, 0.717) is 17.1 Å². The Hall–Kier alpha value is -1.43. The zero-order chi connectivity index (χ0) is 14.5. The maximum atomic E-state index is 11.9. The SMILES string of the molecule is N[C@@H]1CCCN(CC(=O)NC(=O)c2ccccc2Cl)C1. The number of amides is 2. The lowest BCUT2D eigenvalue weighted by Gasteiger charge is -2.29. The van der Waals surface area contributed by atoms with Crippen molar-refractivity contribution in [1.29, 1.82) is 0 Å². The fourth-order valence-corrected chi connectivity index (χ4v) is 2.54. The molecule has 1 saturated heterocycles. The molecule has 1 atom stereocenters. The van der Waals surface area contributed by atoms with Gasteiger partial charge in [-0.15, -0.1) is 0 Å². The van der Waals surface area contributed by atoms with E-state index in [-0.39, 0.29) is 18.5 Å². The molecule has 2 rings (SSSR count). The molecule has 0 aromatic heterocycles. The number of nitrogens with two attached hydrogens (primary N) is 1. The third kappa shape index (κ3) is 4.03. The molecule has 5 nitrogen and oxygen atoms in total. The monoisotopic (exact) mass is 295 g/mol. The molecule has 1 aromatic carbocycles. The van der Waals surface area contributed by atoms with Crippen LogP contribution >= 0.6 is 11.6 Å². The summed E-state index contributed by atoms with van der Waals surface area (Å²) < 4.78 is 0. The number of rotatable bonds is 3. The lowest BCUT2D eigenvalue weighted by atomic mass is 10.1. The number of imide groups is 1. The fourth-order valence-electron chi connectivity index (χ4n) is 2.32. The lowest BCUT2D eigenvalue weighted by molar-refractivity contribution is -0.121. The first-order valence-electron chi connectivity index (χ1n) is 6.63. The second-order valence-corrected chi connectivity index (χ2v) is 5.40. The van der Waals surface area contributed by atoms with Gasteiger partial charge in [0.05, 0.1) is 17.1 Å². The van der Waals surface area contributed by atoms with E-state index in [1.54, 1.807) is 24.3 Å². The van der Waals surface area contributed by atoms with Gasteiger partial charge in [0, 0.05) is 12.6 Å². The van der Waals surface area contributed by atoms with Crippen molar-refractivity contribution in [2.24, 2.45) is 5.73 Å². The molecule has 0 unspecified atom stereocenters. The molecule has 0 spiro atoms. The summed E-state index contributed by atoms with van der Waals surface area (Å²) >= 11 is 5.91. The molecule has 3 N–H and O–H groups in total. The molecule has 1 heterocycles. The Kier molecular flexibility index (Phi) is 5.11. The van der Waals surface area contributed by atoms with Gasteiger partial charge in [0.1, 0.15) is 0 Å². The molecular weight excluding hydrogens is 278 g/mol. The highest BCUT2D eigenvalue weighted by atomic mass is 35.5. The van der Waals surface area contributed by atoms with Crippen LogP contribution in [0.2, 0.25) is 5.02 Å². The molecule has 0 radical (unpaired) electrons. The van der Waals surface area contributed by atoms with E-state index >= 15 is 0 Å². The van der Waals surface area contributed by atoms with Crippen LogP contribution in [0, 0.1) is 0 Å². The quantitative estimate of drug-likeness (QED) is 0.873. The van der Waals surface area contributed by atoms with Crippen LogP contribution in [-0.4, -0.2) is 42.4 Å². The van der Waals surface area contributed by atoms with Gasteiger partial charge in [-0.25, -0.2) is 0 Å². The Morgan fingerprint density at radius 1 is 1.40 bits per heavy atom. The number of hydrogen-bond donors (Lipinski definition) is 2. The first kappa shape index (κ1) is 15.0. The van der Waals surface area contributed by atoms with Gasteiger partial charge < -0.3 is 5.73 Å². The number of hydrogen-bond acceptors (Lipinski definition) is 4. The molecular formula is C14H18ClN3O2. The standard InChI is InChI=1S/C14H18ClN3O2/c15-12-6-2-1-5-11(12)14(20)17-13(19)9-18-7-3-4-10(16)8-18/h1-2,5-6,10H,3-4,7-9,16H2,(H,17,19,20)/t10-/m1/s1. The van der Waals surface area contributed by atoms with E-state index in [4.69, 9.17) is 17.3 Å². The molecule has 6 heteroatoms. The smallest absolute Gasteiger partial charge is 0.259 e. The van der Waals surface area contributed by atoms with Crippen LogP contribution in [0.4, 0.5) is 0 Å². The van der Waals surface area contributed by atoms with Gasteiger partial charge >= 0.3 is 0 Å². The van der Waals surface area contributed by atoms with Gasteiger partial charge in [-0.1, -0.05) is 23.7 Å². The highest BCUT2D eigenvalue weighted by Crippen LogP contribution is 2.14. The first-order chi connectivity index (χ1) is 9.56. The first-order valence-corrected chi connectivity index (χ1v) is 7.00. The molecule has 2 amide bonds. The van der Waals surface area contributed by atoms with Crippen molar-refractivity contribution >= 4 is 23.4 Å². The molecule has 0 aliphatic carbocycles. The van der Waals surface area contributed by atoms with Crippen molar-refractivity contribution < 1.29 is 9.59 Å². The van der Waals surface area contributed by atoms with Gasteiger partial charge in [0.2, 0.25) is 5.91 Å². The number of carbonyl (C=O) groups excluding carboxylic acids is 2. The molecule has 1 fully saturated rings. The van der Waals surface area contributed by atoms with E-state index in [1.807, 2.05) is 4.90 Å². The van der Waals surface area contributed by atoms with Crippen LogP contribution in [-0.2, 0) is 4.79 Å². The van der Waals surface area contributed by atoms with E-state index < -0.39 is 5.91 Å². The van der Waals surface area contributed by atoms with Crippen molar-refractivity contribution in [2.45, 2.75) is 18.9 Å². The highest BCUT2D eigenvalue weighted by Gasteiger charge is 2.20. The number of carbonyl (C=O) groups is 2. The summed E-state index contributed by atoms with van der Waals surface area (Å²) in [6.07, 6.45) is 1.96. The van der Waals surface area contributed by atoms with Crippen LogP contribution in [0.1, 0.15) is 23.2 Å².